The number of amides is 1. The van der Waals surface area contributed by atoms with Gasteiger partial charge >= 0.3 is 0 Å². The van der Waals surface area contributed by atoms with Crippen molar-refractivity contribution in [1.29, 1.82) is 0 Å². The van der Waals surface area contributed by atoms with E-state index in [-0.39, 0.29) is 5.91 Å². The molecule has 0 atom stereocenters. The maximum Gasteiger partial charge on any atom is 0.234 e. The molecule has 0 bridgehead atoms. The van der Waals surface area contributed by atoms with Gasteiger partial charge in [0.15, 0.2) is 0 Å². The van der Waals surface area contributed by atoms with Crippen LogP contribution >= 0.6 is 0 Å². The number of hydrogen-bond donors (Lipinski definition) is 1. The zero-order chi connectivity index (χ0) is 17.9. The Morgan fingerprint density at radius 2 is 1.60 bits per heavy atom. The summed E-state index contributed by atoms with van der Waals surface area (Å²) >= 11 is 0. The van der Waals surface area contributed by atoms with Crippen molar-refractivity contribution >= 4 is 11.6 Å². The fourth-order valence-electron chi connectivity index (χ4n) is 2.58. The smallest absolute Gasteiger partial charge is 0.234 e. The van der Waals surface area contributed by atoms with Crippen LogP contribution in [0.25, 0.3) is 11.3 Å². The van der Waals surface area contributed by atoms with Gasteiger partial charge in [0.2, 0.25) is 5.91 Å². The normalized spacial score (nSPS) is 18.0. The maximum atomic E-state index is 11.9. The van der Waals surface area contributed by atoms with Gasteiger partial charge in [-0.15, -0.1) is 0 Å². The highest BCUT2D eigenvalue weighted by molar-refractivity contribution is 6.05. The number of carbonyl (C=O) groups is 1. The molecule has 0 aliphatic carbocycles. The molecule has 4 heterocycles. The molecule has 0 radical (unpaired) electrons. The molecule has 2 aliphatic heterocycles. The largest absolute Gasteiger partial charge is 0.377 e. The van der Waals surface area contributed by atoms with Crippen LogP contribution in [0.1, 0.15) is 25.2 Å². The molecule has 25 heavy (non-hydrogen) atoms. The first-order chi connectivity index (χ1) is 12.0. The summed E-state index contributed by atoms with van der Waals surface area (Å²) in [7, 11) is 0. The van der Waals surface area contributed by atoms with E-state index in [9.17, 15) is 4.79 Å². The van der Waals surface area contributed by atoms with E-state index in [1.807, 2.05) is 26.8 Å². The van der Waals surface area contributed by atoms with Crippen LogP contribution < -0.4 is 5.32 Å². The Balaban J connectivity index is 0.000000258. The zero-order valence-corrected chi connectivity index (χ0v) is 14.7. The van der Waals surface area contributed by atoms with Crippen molar-refractivity contribution in [2.75, 3.05) is 31.7 Å². The summed E-state index contributed by atoms with van der Waals surface area (Å²) in [5.74, 6) is 0.723. The van der Waals surface area contributed by atoms with Gasteiger partial charge in [-0.3, -0.25) is 9.78 Å². The highest BCUT2D eigenvalue weighted by atomic mass is 16.6. The Kier molecular flexibility index (Phi) is 5.06. The second-order valence-corrected chi connectivity index (χ2v) is 6.44. The van der Waals surface area contributed by atoms with Crippen molar-refractivity contribution < 1.29 is 14.3 Å². The second-order valence-electron chi connectivity index (χ2n) is 6.44. The first-order valence-electron chi connectivity index (χ1n) is 8.25. The average Bonchev–Trinajstić information content (AvgIpc) is 2.86. The number of fused-ring (bicyclic) bond motifs is 1. The number of anilines is 1. The zero-order valence-electron chi connectivity index (χ0n) is 14.7. The van der Waals surface area contributed by atoms with Gasteiger partial charge < -0.3 is 14.8 Å². The monoisotopic (exact) mass is 342 g/mol. The number of rotatable bonds is 1. The van der Waals surface area contributed by atoms with Crippen molar-refractivity contribution in [3.8, 4) is 11.3 Å². The minimum Gasteiger partial charge on any atom is -0.377 e. The number of nitrogens with zero attached hydrogens (tertiary/aromatic N) is 3. The van der Waals surface area contributed by atoms with Crippen molar-refractivity contribution in [2.45, 2.75) is 26.2 Å². The van der Waals surface area contributed by atoms with Crippen LogP contribution in [-0.2, 0) is 19.7 Å². The van der Waals surface area contributed by atoms with E-state index < -0.39 is 5.41 Å². The molecule has 7 heteroatoms. The van der Waals surface area contributed by atoms with E-state index in [0.29, 0.717) is 0 Å². The third-order valence-corrected chi connectivity index (χ3v) is 4.21. The molecule has 1 fully saturated rings. The number of carbonyl (C=O) groups excluding carboxylic acids is 1. The van der Waals surface area contributed by atoms with Crippen LogP contribution in [0.2, 0.25) is 0 Å². The molecule has 0 spiro atoms. The predicted molar refractivity (Wildman–Crippen MR) is 93.3 cm³/mol. The summed E-state index contributed by atoms with van der Waals surface area (Å²) in [5.41, 5.74) is 2.82. The summed E-state index contributed by atoms with van der Waals surface area (Å²) in [5, 5.41) is 2.89. The molecule has 0 aromatic carbocycles. The SMILES string of the molecule is C1COCCO1.Cc1ncc(-c2cc3c(cn2)C(C)(C)C(=O)N3)cn1. The standard InChI is InChI=1S/C14H14N4O.C4H8O2/c1-8-15-5-9(6-16-8)11-4-12-10(7-17-11)14(2,3)13(19)18-12;1-2-6-4-3-5-1/h4-7H,1-3H3,(H,18,19);1-4H2. The summed E-state index contributed by atoms with van der Waals surface area (Å²) < 4.78 is 9.89. The summed E-state index contributed by atoms with van der Waals surface area (Å²) in [6.07, 6.45) is 5.22. The highest BCUT2D eigenvalue weighted by Crippen LogP contribution is 2.38. The molecule has 132 valence electrons. The predicted octanol–water partition coefficient (Wildman–Crippen LogP) is 2.11. The molecule has 4 rings (SSSR count). The van der Waals surface area contributed by atoms with E-state index in [0.717, 1.165) is 54.8 Å². The van der Waals surface area contributed by atoms with E-state index in [2.05, 4.69) is 20.3 Å². The molecule has 7 nitrogen and oxygen atoms in total. The van der Waals surface area contributed by atoms with Gasteiger partial charge in [0.05, 0.1) is 37.5 Å². The fraction of sp³-hybridized carbons (Fsp3) is 0.444. The molecule has 0 unspecified atom stereocenters. The summed E-state index contributed by atoms with van der Waals surface area (Å²) in [6, 6.07) is 1.87. The van der Waals surface area contributed by atoms with Crippen molar-refractivity contribution in [2.24, 2.45) is 0 Å². The lowest BCUT2D eigenvalue weighted by Crippen LogP contribution is -2.26. The molecule has 2 aromatic rings. The molecular weight excluding hydrogens is 320 g/mol. The van der Waals surface area contributed by atoms with Gasteiger partial charge in [0.1, 0.15) is 5.82 Å². The molecule has 2 aliphatic rings. The van der Waals surface area contributed by atoms with Crippen LogP contribution in [0.4, 0.5) is 5.69 Å². The molecular formula is C18H22N4O3. The van der Waals surface area contributed by atoms with Gasteiger partial charge in [0, 0.05) is 35.4 Å². The average molecular weight is 342 g/mol. The van der Waals surface area contributed by atoms with Crippen LogP contribution in [-0.4, -0.2) is 47.3 Å². The van der Waals surface area contributed by atoms with Crippen LogP contribution in [0.5, 0.6) is 0 Å². The van der Waals surface area contributed by atoms with Gasteiger partial charge in [-0.2, -0.15) is 0 Å². The van der Waals surface area contributed by atoms with Crippen molar-refractivity contribution in [3.05, 3.63) is 36.0 Å². The van der Waals surface area contributed by atoms with E-state index in [1.165, 1.54) is 0 Å². The molecule has 1 N–H and O–H groups in total. The summed E-state index contributed by atoms with van der Waals surface area (Å²) in [6.45, 7) is 8.73. The number of ether oxygens (including phenoxy) is 2. The molecule has 0 saturated carbocycles. The lowest BCUT2D eigenvalue weighted by Gasteiger charge is -2.14. The Hall–Kier alpha value is -2.38. The van der Waals surface area contributed by atoms with E-state index in [4.69, 9.17) is 9.47 Å². The first-order valence-corrected chi connectivity index (χ1v) is 8.25. The van der Waals surface area contributed by atoms with Crippen LogP contribution in [0, 0.1) is 6.92 Å². The summed E-state index contributed by atoms with van der Waals surface area (Å²) in [4.78, 5) is 24.6. The number of aryl methyl sites for hydroxylation is 1. The number of nitrogens with one attached hydrogen (secondary N) is 1. The minimum atomic E-state index is -0.523. The van der Waals surface area contributed by atoms with E-state index >= 15 is 0 Å². The van der Waals surface area contributed by atoms with Gasteiger partial charge in [-0.05, 0) is 26.8 Å². The first kappa shape index (κ1) is 17.4. The lowest BCUT2D eigenvalue weighted by molar-refractivity contribution is -0.119. The Morgan fingerprint density at radius 1 is 1.00 bits per heavy atom. The number of aromatic nitrogens is 3. The van der Waals surface area contributed by atoms with Gasteiger partial charge in [0.25, 0.3) is 0 Å². The topological polar surface area (TPSA) is 86.2 Å². The molecule has 2 aromatic heterocycles. The van der Waals surface area contributed by atoms with Gasteiger partial charge in [-0.25, -0.2) is 9.97 Å². The third kappa shape index (κ3) is 3.83. The third-order valence-electron chi connectivity index (χ3n) is 4.21. The molecule has 1 amide bonds. The molecule has 1 saturated heterocycles. The fourth-order valence-corrected chi connectivity index (χ4v) is 2.58. The Bertz CT molecular complexity index is 744. The van der Waals surface area contributed by atoms with Crippen LogP contribution in [0.15, 0.2) is 24.7 Å². The number of hydrogen-bond acceptors (Lipinski definition) is 6. The van der Waals surface area contributed by atoms with Gasteiger partial charge in [-0.1, -0.05) is 0 Å². The minimum absolute atomic E-state index is 0.00149. The second kappa shape index (κ2) is 7.25. The Labute approximate surface area is 146 Å². The van der Waals surface area contributed by atoms with Crippen molar-refractivity contribution in [3.63, 3.8) is 0 Å². The number of pyridine rings is 1. The van der Waals surface area contributed by atoms with Crippen LogP contribution in [0.3, 0.4) is 0 Å². The quantitative estimate of drug-likeness (QED) is 0.854. The highest BCUT2D eigenvalue weighted by Gasteiger charge is 2.38. The van der Waals surface area contributed by atoms with E-state index in [1.54, 1.807) is 18.6 Å². The maximum absolute atomic E-state index is 11.9. The Morgan fingerprint density at radius 3 is 2.16 bits per heavy atom. The van der Waals surface area contributed by atoms with Crippen molar-refractivity contribution in [1.82, 2.24) is 15.0 Å². The lowest BCUT2D eigenvalue weighted by atomic mass is 9.87.